The van der Waals surface area contributed by atoms with Crippen LogP contribution in [0.4, 0.5) is 0 Å². The van der Waals surface area contributed by atoms with Crippen molar-refractivity contribution in [1.82, 2.24) is 0 Å². The third-order valence-electron chi connectivity index (χ3n) is 4.55. The van der Waals surface area contributed by atoms with Crippen LogP contribution in [0.25, 0.3) is 0 Å². The summed E-state index contributed by atoms with van der Waals surface area (Å²) in [5.74, 6) is -1.25. The molecule has 2 unspecified atom stereocenters. The van der Waals surface area contributed by atoms with Gasteiger partial charge < -0.3 is 19.7 Å². The van der Waals surface area contributed by atoms with E-state index in [0.717, 1.165) is 51.4 Å². The molecule has 1 rings (SSSR count). The fourth-order valence-electron chi connectivity index (χ4n) is 2.93. The van der Waals surface area contributed by atoms with Crippen molar-refractivity contribution < 1.29 is 29.3 Å². The Balaban J connectivity index is 2.66. The molecule has 0 aliphatic carbocycles. The van der Waals surface area contributed by atoms with Crippen LogP contribution in [-0.2, 0) is 9.59 Å². The lowest BCUT2D eigenvalue weighted by atomic mass is 10.1. The zero-order valence-corrected chi connectivity index (χ0v) is 17.1. The minimum Gasteiger partial charge on any atom is -0.479 e. The molecule has 0 saturated carbocycles. The molecule has 1 aromatic rings. The molecule has 0 heterocycles. The molecule has 2 N–H and O–H groups in total. The quantitative estimate of drug-likeness (QED) is 0.370. The van der Waals surface area contributed by atoms with Crippen LogP contribution in [0.2, 0.25) is 0 Å². The molecular formula is C22H34O6. The second kappa shape index (κ2) is 13.9. The van der Waals surface area contributed by atoms with Gasteiger partial charge in [-0.3, -0.25) is 0 Å². The van der Waals surface area contributed by atoms with Gasteiger partial charge in [0.2, 0.25) is 0 Å². The molecule has 158 valence electrons. The van der Waals surface area contributed by atoms with Crippen molar-refractivity contribution in [3.63, 3.8) is 0 Å². The molecule has 0 radical (unpaired) electrons. The van der Waals surface area contributed by atoms with E-state index in [1.165, 1.54) is 0 Å². The van der Waals surface area contributed by atoms with Crippen LogP contribution in [0.1, 0.15) is 78.1 Å². The molecule has 0 bridgehead atoms. The van der Waals surface area contributed by atoms with E-state index in [9.17, 15) is 19.8 Å². The fourth-order valence-corrected chi connectivity index (χ4v) is 2.93. The van der Waals surface area contributed by atoms with Crippen LogP contribution in [0.3, 0.4) is 0 Å². The van der Waals surface area contributed by atoms with Gasteiger partial charge in [-0.1, -0.05) is 58.4 Å². The number of aliphatic carboxylic acids is 2. The van der Waals surface area contributed by atoms with E-state index >= 15 is 0 Å². The maximum absolute atomic E-state index is 11.5. The Morgan fingerprint density at radius 2 is 1.21 bits per heavy atom. The van der Waals surface area contributed by atoms with Gasteiger partial charge in [0, 0.05) is 6.07 Å². The maximum atomic E-state index is 11.5. The highest BCUT2D eigenvalue weighted by Crippen LogP contribution is 2.24. The Labute approximate surface area is 167 Å². The standard InChI is InChI=1S/C22H34O6/c1-3-5-7-9-14-19(21(23)24)27-17-12-11-13-18(16-17)28-20(22(25)26)15-10-8-6-4-2/h11-13,16,19-20H,3-10,14-15H2,1-2H3,(H,23,24)(H,25,26). The maximum Gasteiger partial charge on any atom is 0.344 e. The third kappa shape index (κ3) is 9.62. The van der Waals surface area contributed by atoms with Crippen LogP contribution in [0.15, 0.2) is 24.3 Å². The van der Waals surface area contributed by atoms with Crippen LogP contribution < -0.4 is 9.47 Å². The number of carbonyl (C=O) groups is 2. The molecular weight excluding hydrogens is 360 g/mol. The zero-order valence-electron chi connectivity index (χ0n) is 17.1. The van der Waals surface area contributed by atoms with Crippen molar-refractivity contribution in [1.29, 1.82) is 0 Å². The van der Waals surface area contributed by atoms with Gasteiger partial charge in [0.1, 0.15) is 11.5 Å². The molecule has 0 fully saturated rings. The summed E-state index contributed by atoms with van der Waals surface area (Å²) in [6.45, 7) is 4.20. The van der Waals surface area contributed by atoms with Crippen LogP contribution >= 0.6 is 0 Å². The lowest BCUT2D eigenvalue weighted by Crippen LogP contribution is -2.28. The first-order valence-electron chi connectivity index (χ1n) is 10.4. The summed E-state index contributed by atoms with van der Waals surface area (Å²) in [5, 5.41) is 18.8. The normalized spacial score (nSPS) is 12.9. The van der Waals surface area contributed by atoms with E-state index in [1.807, 2.05) is 0 Å². The number of unbranched alkanes of at least 4 members (excludes halogenated alkanes) is 6. The monoisotopic (exact) mass is 394 g/mol. The summed E-state index contributed by atoms with van der Waals surface area (Å²) in [7, 11) is 0. The highest BCUT2D eigenvalue weighted by molar-refractivity contribution is 5.73. The molecule has 0 amide bonds. The molecule has 6 heteroatoms. The van der Waals surface area contributed by atoms with E-state index < -0.39 is 24.1 Å². The average Bonchev–Trinajstić information content (AvgIpc) is 2.66. The predicted octanol–water partition coefficient (Wildman–Crippen LogP) is 5.29. The number of carboxylic acids is 2. The van der Waals surface area contributed by atoms with Crippen LogP contribution in [-0.4, -0.2) is 34.4 Å². The van der Waals surface area contributed by atoms with Gasteiger partial charge in [0.25, 0.3) is 0 Å². The van der Waals surface area contributed by atoms with Crippen molar-refractivity contribution in [3.8, 4) is 11.5 Å². The van der Waals surface area contributed by atoms with Crippen molar-refractivity contribution in [2.24, 2.45) is 0 Å². The average molecular weight is 395 g/mol. The summed E-state index contributed by atoms with van der Waals surface area (Å²) < 4.78 is 11.2. The van der Waals surface area contributed by atoms with Gasteiger partial charge >= 0.3 is 11.9 Å². The highest BCUT2D eigenvalue weighted by atomic mass is 16.5. The summed E-state index contributed by atoms with van der Waals surface area (Å²) in [6, 6.07) is 6.55. The van der Waals surface area contributed by atoms with Gasteiger partial charge in [-0.15, -0.1) is 0 Å². The lowest BCUT2D eigenvalue weighted by Gasteiger charge is -2.18. The molecule has 1 aromatic carbocycles. The van der Waals surface area contributed by atoms with Crippen LogP contribution in [0, 0.1) is 0 Å². The van der Waals surface area contributed by atoms with Crippen molar-refractivity contribution >= 4 is 11.9 Å². The Bertz CT molecular complexity index is 539. The topological polar surface area (TPSA) is 93.1 Å². The Kier molecular flexibility index (Phi) is 11.8. The molecule has 0 aliphatic rings. The van der Waals surface area contributed by atoms with E-state index in [4.69, 9.17) is 9.47 Å². The first-order chi connectivity index (χ1) is 13.5. The number of benzene rings is 1. The summed E-state index contributed by atoms with van der Waals surface area (Å²) >= 11 is 0. The number of ether oxygens (including phenoxy) is 2. The van der Waals surface area contributed by atoms with Crippen molar-refractivity contribution in [3.05, 3.63) is 24.3 Å². The number of carboxylic acid groups (broad SMARTS) is 2. The minimum absolute atomic E-state index is 0.371. The largest absolute Gasteiger partial charge is 0.479 e. The Morgan fingerprint density at radius 3 is 1.57 bits per heavy atom. The van der Waals surface area contributed by atoms with E-state index in [-0.39, 0.29) is 0 Å². The van der Waals surface area contributed by atoms with Gasteiger partial charge in [-0.2, -0.15) is 0 Å². The van der Waals surface area contributed by atoms with Gasteiger partial charge in [-0.05, 0) is 37.8 Å². The lowest BCUT2D eigenvalue weighted by molar-refractivity contribution is -0.146. The van der Waals surface area contributed by atoms with Crippen molar-refractivity contribution in [2.75, 3.05) is 0 Å². The summed E-state index contributed by atoms with van der Waals surface area (Å²) in [4.78, 5) is 22.9. The first-order valence-corrected chi connectivity index (χ1v) is 10.4. The zero-order chi connectivity index (χ0) is 20.8. The SMILES string of the molecule is CCCCCCC(Oc1cccc(OC(CCCCCC)C(=O)O)c1)C(=O)O. The van der Waals surface area contributed by atoms with E-state index in [1.54, 1.807) is 24.3 Å². The van der Waals surface area contributed by atoms with Crippen molar-refractivity contribution in [2.45, 2.75) is 90.3 Å². The predicted molar refractivity (Wildman–Crippen MR) is 108 cm³/mol. The highest BCUT2D eigenvalue weighted by Gasteiger charge is 2.21. The van der Waals surface area contributed by atoms with Crippen LogP contribution in [0.5, 0.6) is 11.5 Å². The Morgan fingerprint density at radius 1 is 0.786 bits per heavy atom. The second-order valence-electron chi connectivity index (χ2n) is 7.06. The molecule has 0 aliphatic heterocycles. The molecule has 0 aromatic heterocycles. The number of hydrogen-bond acceptors (Lipinski definition) is 4. The molecule has 0 spiro atoms. The summed E-state index contributed by atoms with van der Waals surface area (Å²) in [5.41, 5.74) is 0. The Hall–Kier alpha value is -2.24. The smallest absolute Gasteiger partial charge is 0.344 e. The molecule has 0 saturated heterocycles. The number of rotatable bonds is 16. The second-order valence-corrected chi connectivity index (χ2v) is 7.06. The van der Waals surface area contributed by atoms with E-state index in [2.05, 4.69) is 13.8 Å². The molecule has 2 atom stereocenters. The fraction of sp³-hybridized carbons (Fsp3) is 0.636. The third-order valence-corrected chi connectivity index (χ3v) is 4.55. The molecule has 28 heavy (non-hydrogen) atoms. The number of hydrogen-bond donors (Lipinski definition) is 2. The molecule has 6 nitrogen and oxygen atoms in total. The summed E-state index contributed by atoms with van der Waals surface area (Å²) in [6.07, 6.45) is 6.89. The van der Waals surface area contributed by atoms with E-state index in [0.29, 0.717) is 24.3 Å². The minimum atomic E-state index is -0.998. The van der Waals surface area contributed by atoms with Gasteiger partial charge in [0.15, 0.2) is 12.2 Å². The van der Waals surface area contributed by atoms with Gasteiger partial charge in [-0.25, -0.2) is 9.59 Å². The van der Waals surface area contributed by atoms with Gasteiger partial charge in [0.05, 0.1) is 0 Å². The first kappa shape index (κ1) is 23.8.